The molecule has 2 aromatic rings. The number of hydrogen-bond acceptors (Lipinski definition) is 4. The normalized spacial score (nSPS) is 15.5. The summed E-state index contributed by atoms with van der Waals surface area (Å²) in [4.78, 5) is 26.6. The highest BCUT2D eigenvalue weighted by molar-refractivity contribution is 8.26. The molecule has 0 atom stereocenters. The highest BCUT2D eigenvalue weighted by atomic mass is 35.5. The standard InChI is InChI=1S/C19H14Cl2N2O2S2/c20-13-5-7-14(8-6-13)22-17(24)9-10-23-18(25)16(27-19(23)26)11-12-3-1-2-4-15(12)21/h1-8,11H,9-10H2,(H,22,24). The predicted octanol–water partition coefficient (Wildman–Crippen LogP) is 5.22. The van der Waals surface area contributed by atoms with Gasteiger partial charge < -0.3 is 5.32 Å². The zero-order valence-corrected chi connectivity index (χ0v) is 17.1. The molecule has 0 unspecified atom stereocenters. The van der Waals surface area contributed by atoms with Crippen molar-refractivity contribution in [1.29, 1.82) is 0 Å². The van der Waals surface area contributed by atoms with Gasteiger partial charge in [-0.05, 0) is 42.0 Å². The maximum Gasteiger partial charge on any atom is 0.266 e. The molecule has 2 aromatic carbocycles. The van der Waals surface area contributed by atoms with Crippen molar-refractivity contribution < 1.29 is 9.59 Å². The van der Waals surface area contributed by atoms with Gasteiger partial charge in [0.05, 0.1) is 4.91 Å². The number of rotatable bonds is 5. The molecule has 1 N–H and O–H groups in total. The molecule has 2 amide bonds. The number of carbonyl (C=O) groups is 2. The molecule has 1 saturated heterocycles. The summed E-state index contributed by atoms with van der Waals surface area (Å²) in [6, 6.07) is 14.1. The van der Waals surface area contributed by atoms with Crippen molar-refractivity contribution in [2.45, 2.75) is 6.42 Å². The number of carbonyl (C=O) groups excluding carboxylic acids is 2. The zero-order valence-electron chi connectivity index (χ0n) is 13.9. The average Bonchev–Trinajstić information content (AvgIpc) is 2.90. The van der Waals surface area contributed by atoms with E-state index in [-0.39, 0.29) is 24.8 Å². The van der Waals surface area contributed by atoms with Gasteiger partial charge in [-0.3, -0.25) is 14.5 Å². The Kier molecular flexibility index (Phi) is 6.55. The number of amides is 2. The van der Waals surface area contributed by atoms with E-state index in [0.29, 0.717) is 25.0 Å². The number of hydrogen-bond donors (Lipinski definition) is 1. The number of benzene rings is 2. The van der Waals surface area contributed by atoms with Crippen LogP contribution < -0.4 is 5.32 Å². The highest BCUT2D eigenvalue weighted by Gasteiger charge is 2.32. The molecule has 27 heavy (non-hydrogen) atoms. The summed E-state index contributed by atoms with van der Waals surface area (Å²) in [5.74, 6) is -0.425. The van der Waals surface area contributed by atoms with Gasteiger partial charge in [0.1, 0.15) is 4.32 Å². The molecule has 0 aliphatic carbocycles. The van der Waals surface area contributed by atoms with E-state index in [1.54, 1.807) is 36.4 Å². The Hall–Kier alpha value is -1.86. The molecule has 1 fully saturated rings. The number of thioether (sulfide) groups is 1. The van der Waals surface area contributed by atoms with E-state index < -0.39 is 0 Å². The van der Waals surface area contributed by atoms with Crippen LogP contribution in [0.3, 0.4) is 0 Å². The van der Waals surface area contributed by atoms with Crippen LogP contribution in [0.4, 0.5) is 5.69 Å². The first-order valence-electron chi connectivity index (χ1n) is 7.99. The van der Waals surface area contributed by atoms with Gasteiger partial charge in [0.25, 0.3) is 5.91 Å². The van der Waals surface area contributed by atoms with Crippen molar-refractivity contribution in [3.8, 4) is 0 Å². The molecule has 1 heterocycles. The molecule has 0 radical (unpaired) electrons. The monoisotopic (exact) mass is 436 g/mol. The molecule has 3 rings (SSSR count). The first-order chi connectivity index (χ1) is 12.9. The van der Waals surface area contributed by atoms with E-state index in [2.05, 4.69) is 5.32 Å². The Morgan fingerprint density at radius 1 is 1.15 bits per heavy atom. The smallest absolute Gasteiger partial charge is 0.266 e. The van der Waals surface area contributed by atoms with Crippen LogP contribution in [0.5, 0.6) is 0 Å². The lowest BCUT2D eigenvalue weighted by Crippen LogP contribution is -2.31. The van der Waals surface area contributed by atoms with Gasteiger partial charge in [-0.25, -0.2) is 0 Å². The first kappa shape index (κ1) is 19.9. The Morgan fingerprint density at radius 2 is 1.85 bits per heavy atom. The topological polar surface area (TPSA) is 49.4 Å². The van der Waals surface area contributed by atoms with Crippen LogP contribution in [0.15, 0.2) is 53.4 Å². The van der Waals surface area contributed by atoms with Gasteiger partial charge in [0, 0.05) is 28.7 Å². The minimum absolute atomic E-state index is 0.133. The molecule has 1 aliphatic rings. The fraction of sp³-hybridized carbons (Fsp3) is 0.105. The minimum Gasteiger partial charge on any atom is -0.326 e. The van der Waals surface area contributed by atoms with E-state index >= 15 is 0 Å². The summed E-state index contributed by atoms with van der Waals surface area (Å²) in [5, 5.41) is 3.92. The van der Waals surface area contributed by atoms with Crippen molar-refractivity contribution in [2.24, 2.45) is 0 Å². The van der Waals surface area contributed by atoms with Crippen LogP contribution in [-0.4, -0.2) is 27.6 Å². The van der Waals surface area contributed by atoms with Gasteiger partial charge >= 0.3 is 0 Å². The maximum absolute atomic E-state index is 12.6. The van der Waals surface area contributed by atoms with Crippen LogP contribution in [0.25, 0.3) is 6.08 Å². The van der Waals surface area contributed by atoms with Crippen molar-refractivity contribution in [2.75, 3.05) is 11.9 Å². The van der Waals surface area contributed by atoms with Crippen LogP contribution in [0.1, 0.15) is 12.0 Å². The van der Waals surface area contributed by atoms with E-state index in [4.69, 9.17) is 35.4 Å². The number of nitrogens with zero attached hydrogens (tertiary/aromatic N) is 1. The maximum atomic E-state index is 12.6. The van der Waals surface area contributed by atoms with E-state index in [1.807, 2.05) is 18.2 Å². The number of thiocarbonyl (C=S) groups is 1. The van der Waals surface area contributed by atoms with Crippen LogP contribution in [0, 0.1) is 0 Å². The lowest BCUT2D eigenvalue weighted by molar-refractivity contribution is -0.122. The summed E-state index contributed by atoms with van der Waals surface area (Å²) in [6.45, 7) is 0.212. The van der Waals surface area contributed by atoms with Crippen molar-refractivity contribution >= 4 is 75.1 Å². The second kappa shape index (κ2) is 8.89. The summed E-state index contributed by atoms with van der Waals surface area (Å²) in [5.41, 5.74) is 1.40. The third kappa shape index (κ3) is 5.11. The Labute approximate surface area is 176 Å². The summed E-state index contributed by atoms with van der Waals surface area (Å²) >= 11 is 18.5. The van der Waals surface area contributed by atoms with Crippen molar-refractivity contribution in [3.05, 3.63) is 69.0 Å². The molecule has 0 aromatic heterocycles. The third-order valence-electron chi connectivity index (χ3n) is 3.76. The lowest BCUT2D eigenvalue weighted by atomic mass is 10.2. The van der Waals surface area contributed by atoms with Crippen LogP contribution >= 0.6 is 47.2 Å². The Balaban J connectivity index is 1.61. The fourth-order valence-corrected chi connectivity index (χ4v) is 4.01. The summed E-state index contributed by atoms with van der Waals surface area (Å²) < 4.78 is 0.428. The fourth-order valence-electron chi connectivity index (χ4n) is 2.40. The Bertz CT molecular complexity index is 930. The molecule has 4 nitrogen and oxygen atoms in total. The molecule has 0 spiro atoms. The zero-order chi connectivity index (χ0) is 19.4. The highest BCUT2D eigenvalue weighted by Crippen LogP contribution is 2.33. The number of anilines is 1. The average molecular weight is 437 g/mol. The second-order valence-corrected chi connectivity index (χ2v) is 8.18. The molecule has 0 saturated carbocycles. The van der Waals surface area contributed by atoms with E-state index in [9.17, 15) is 9.59 Å². The van der Waals surface area contributed by atoms with E-state index in [0.717, 1.165) is 5.56 Å². The van der Waals surface area contributed by atoms with Crippen molar-refractivity contribution in [3.63, 3.8) is 0 Å². The minimum atomic E-state index is -0.218. The second-order valence-electron chi connectivity index (χ2n) is 5.66. The molecule has 138 valence electrons. The first-order valence-corrected chi connectivity index (χ1v) is 9.97. The predicted molar refractivity (Wildman–Crippen MR) is 116 cm³/mol. The third-order valence-corrected chi connectivity index (χ3v) is 5.73. The number of halogens is 2. The van der Waals surface area contributed by atoms with Gasteiger partial charge in [-0.2, -0.15) is 0 Å². The van der Waals surface area contributed by atoms with Gasteiger partial charge in [0.15, 0.2) is 0 Å². The van der Waals surface area contributed by atoms with E-state index in [1.165, 1.54) is 16.7 Å². The lowest BCUT2D eigenvalue weighted by Gasteiger charge is -2.14. The quantitative estimate of drug-likeness (QED) is 0.515. The van der Waals surface area contributed by atoms with Gasteiger partial charge in [-0.15, -0.1) is 0 Å². The molecule has 1 aliphatic heterocycles. The molecular formula is C19H14Cl2N2O2S2. The van der Waals surface area contributed by atoms with Crippen LogP contribution in [-0.2, 0) is 9.59 Å². The summed E-state index contributed by atoms with van der Waals surface area (Å²) in [7, 11) is 0. The molecule has 0 bridgehead atoms. The largest absolute Gasteiger partial charge is 0.326 e. The van der Waals surface area contributed by atoms with Crippen molar-refractivity contribution in [1.82, 2.24) is 4.90 Å². The van der Waals surface area contributed by atoms with Gasteiger partial charge in [0.2, 0.25) is 5.91 Å². The summed E-state index contributed by atoms with van der Waals surface area (Å²) in [6.07, 6.45) is 1.85. The SMILES string of the molecule is O=C(CCN1C(=O)C(=Cc2ccccc2Cl)SC1=S)Nc1ccc(Cl)cc1. The molecular weight excluding hydrogens is 423 g/mol. The Morgan fingerprint density at radius 3 is 2.56 bits per heavy atom. The van der Waals surface area contributed by atoms with Gasteiger partial charge in [-0.1, -0.05) is 65.4 Å². The van der Waals surface area contributed by atoms with Crippen LogP contribution in [0.2, 0.25) is 10.0 Å². The molecule has 8 heteroatoms. The number of nitrogens with one attached hydrogen (secondary N) is 1.